The molecule has 2 aliphatic rings. The minimum Gasteiger partial charge on any atom is -0.481 e. The normalized spacial score (nSPS) is 20.3. The molecule has 1 heterocycles. The first-order chi connectivity index (χ1) is 20.6. The van der Waals surface area contributed by atoms with E-state index in [2.05, 4.69) is 50.4 Å². The van der Waals surface area contributed by atoms with Crippen molar-refractivity contribution in [3.63, 3.8) is 0 Å². The Balaban J connectivity index is 1.35. The van der Waals surface area contributed by atoms with Crippen LogP contribution in [0.1, 0.15) is 74.4 Å². The SMILES string of the molecule is CC(C)(C)C1CCC2(CC1)N=C(c1cccc(-c3ccccc3)c1)C(=O)N2CCc1ccc(C(=O)NCCC(=O)O)cc1. The van der Waals surface area contributed by atoms with Crippen molar-refractivity contribution in [2.75, 3.05) is 13.1 Å². The Hall–Kier alpha value is -4.26. The second-order valence-electron chi connectivity index (χ2n) is 12.8. The Morgan fingerprint density at radius 1 is 0.930 bits per heavy atom. The zero-order valence-corrected chi connectivity index (χ0v) is 25.3. The van der Waals surface area contributed by atoms with Gasteiger partial charge in [-0.3, -0.25) is 19.4 Å². The summed E-state index contributed by atoms with van der Waals surface area (Å²) in [6.45, 7) is 7.52. The predicted molar refractivity (Wildman–Crippen MR) is 169 cm³/mol. The van der Waals surface area contributed by atoms with Gasteiger partial charge in [-0.15, -0.1) is 0 Å². The molecule has 224 valence electrons. The maximum atomic E-state index is 14.1. The number of carboxylic acid groups (broad SMARTS) is 1. The molecule has 1 aliphatic heterocycles. The highest BCUT2D eigenvalue weighted by molar-refractivity contribution is 6.46. The average molecular weight is 580 g/mol. The van der Waals surface area contributed by atoms with Gasteiger partial charge in [0.2, 0.25) is 0 Å². The fourth-order valence-corrected chi connectivity index (χ4v) is 6.38. The molecule has 0 bridgehead atoms. The van der Waals surface area contributed by atoms with Gasteiger partial charge in [-0.25, -0.2) is 0 Å². The highest BCUT2D eigenvalue weighted by Gasteiger charge is 2.49. The molecule has 7 heteroatoms. The van der Waals surface area contributed by atoms with Gasteiger partial charge in [0.05, 0.1) is 6.42 Å². The van der Waals surface area contributed by atoms with Crippen LogP contribution in [0.2, 0.25) is 0 Å². The number of aliphatic carboxylic acids is 1. The molecule has 43 heavy (non-hydrogen) atoms. The van der Waals surface area contributed by atoms with E-state index in [4.69, 9.17) is 10.1 Å². The summed E-state index contributed by atoms with van der Waals surface area (Å²) in [7, 11) is 0. The maximum Gasteiger partial charge on any atom is 0.305 e. The van der Waals surface area contributed by atoms with Crippen molar-refractivity contribution in [1.29, 1.82) is 0 Å². The van der Waals surface area contributed by atoms with Gasteiger partial charge in [0.15, 0.2) is 0 Å². The Labute approximate surface area is 254 Å². The summed E-state index contributed by atoms with van der Waals surface area (Å²) in [5.41, 5.74) is 4.73. The number of aliphatic imine (C=N–C) groups is 1. The first-order valence-electron chi connectivity index (χ1n) is 15.2. The van der Waals surface area contributed by atoms with Crippen LogP contribution in [0.3, 0.4) is 0 Å². The van der Waals surface area contributed by atoms with Gasteiger partial charge >= 0.3 is 5.97 Å². The van der Waals surface area contributed by atoms with E-state index in [-0.39, 0.29) is 30.2 Å². The summed E-state index contributed by atoms with van der Waals surface area (Å²) < 4.78 is 0. The summed E-state index contributed by atoms with van der Waals surface area (Å²) in [6.07, 6.45) is 4.27. The van der Waals surface area contributed by atoms with Crippen LogP contribution >= 0.6 is 0 Å². The molecular formula is C36H41N3O4. The predicted octanol–water partition coefficient (Wildman–Crippen LogP) is 6.36. The lowest BCUT2D eigenvalue weighted by Gasteiger charge is -2.45. The largest absolute Gasteiger partial charge is 0.481 e. The van der Waals surface area contributed by atoms with Crippen LogP contribution in [0, 0.1) is 11.3 Å². The molecule has 3 aromatic carbocycles. The molecule has 0 radical (unpaired) electrons. The second kappa shape index (κ2) is 12.5. The standard InChI is InChI=1S/C36H41N3O4/c1-35(2,3)30-16-20-36(21-17-30)38-32(29-11-7-10-28(24-29)26-8-5-4-6-9-26)34(43)39(36)23-19-25-12-14-27(15-13-25)33(42)37-22-18-31(40)41/h4-15,24,30H,16-23H2,1-3H3,(H,37,42)(H,40,41). The van der Waals surface area contributed by atoms with Gasteiger partial charge in [0.1, 0.15) is 11.4 Å². The van der Waals surface area contributed by atoms with Crippen molar-refractivity contribution in [1.82, 2.24) is 10.2 Å². The first kappa shape index (κ1) is 30.2. The smallest absolute Gasteiger partial charge is 0.305 e. The molecule has 1 fully saturated rings. The van der Waals surface area contributed by atoms with Crippen molar-refractivity contribution in [3.8, 4) is 11.1 Å². The second-order valence-corrected chi connectivity index (χ2v) is 12.8. The van der Waals surface area contributed by atoms with Crippen LogP contribution < -0.4 is 5.32 Å². The van der Waals surface area contributed by atoms with E-state index in [0.717, 1.165) is 47.9 Å². The lowest BCUT2D eigenvalue weighted by Crippen LogP contribution is -2.50. The number of amides is 2. The van der Waals surface area contributed by atoms with E-state index in [1.54, 1.807) is 12.1 Å². The molecule has 1 spiro atoms. The molecule has 0 atom stereocenters. The van der Waals surface area contributed by atoms with Crippen molar-refractivity contribution in [2.24, 2.45) is 16.3 Å². The number of carbonyl (C=O) groups excluding carboxylic acids is 2. The maximum absolute atomic E-state index is 14.1. The number of benzene rings is 3. The fourth-order valence-electron chi connectivity index (χ4n) is 6.38. The highest BCUT2D eigenvalue weighted by Crippen LogP contribution is 2.46. The zero-order valence-electron chi connectivity index (χ0n) is 25.3. The van der Waals surface area contributed by atoms with E-state index >= 15 is 0 Å². The average Bonchev–Trinajstić information content (AvgIpc) is 3.26. The van der Waals surface area contributed by atoms with Gasteiger partial charge in [0, 0.05) is 24.2 Å². The first-order valence-corrected chi connectivity index (χ1v) is 15.2. The Morgan fingerprint density at radius 2 is 1.58 bits per heavy atom. The molecule has 2 N–H and O–H groups in total. The third-order valence-corrected chi connectivity index (χ3v) is 8.99. The van der Waals surface area contributed by atoms with Crippen molar-refractivity contribution in [2.45, 2.75) is 65.0 Å². The van der Waals surface area contributed by atoms with Gasteiger partial charge in [-0.2, -0.15) is 0 Å². The summed E-state index contributed by atoms with van der Waals surface area (Å²) >= 11 is 0. The number of carboxylic acids is 1. The third-order valence-electron chi connectivity index (χ3n) is 8.99. The van der Waals surface area contributed by atoms with Crippen LogP contribution in [0.5, 0.6) is 0 Å². The molecular weight excluding hydrogens is 538 g/mol. The quantitative estimate of drug-likeness (QED) is 0.308. The third kappa shape index (κ3) is 6.87. The van der Waals surface area contributed by atoms with Crippen LogP contribution in [0.15, 0.2) is 83.9 Å². The van der Waals surface area contributed by atoms with E-state index in [9.17, 15) is 14.4 Å². The molecule has 5 rings (SSSR count). The fraction of sp³-hybridized carbons (Fsp3) is 0.389. The number of hydrogen-bond donors (Lipinski definition) is 2. The minimum atomic E-state index is -0.951. The number of nitrogens with zero attached hydrogens (tertiary/aromatic N) is 2. The van der Waals surface area contributed by atoms with Crippen molar-refractivity contribution >= 4 is 23.5 Å². The molecule has 3 aromatic rings. The molecule has 7 nitrogen and oxygen atoms in total. The molecule has 0 unspecified atom stereocenters. The Kier molecular flexibility index (Phi) is 8.81. The summed E-state index contributed by atoms with van der Waals surface area (Å²) in [5, 5.41) is 11.4. The van der Waals surface area contributed by atoms with E-state index < -0.39 is 11.6 Å². The van der Waals surface area contributed by atoms with Crippen LogP contribution in [-0.4, -0.2) is 52.3 Å². The molecule has 2 amide bonds. The summed E-state index contributed by atoms with van der Waals surface area (Å²) in [6, 6.07) is 25.6. The monoisotopic (exact) mass is 579 g/mol. The molecule has 0 aromatic heterocycles. The Bertz CT molecular complexity index is 1500. The topological polar surface area (TPSA) is 99.1 Å². The van der Waals surface area contributed by atoms with Gasteiger partial charge in [-0.1, -0.05) is 81.4 Å². The zero-order chi connectivity index (χ0) is 30.6. The lowest BCUT2D eigenvalue weighted by atomic mass is 9.69. The van der Waals surface area contributed by atoms with Crippen LogP contribution in [0.25, 0.3) is 11.1 Å². The number of carbonyl (C=O) groups is 3. The van der Waals surface area contributed by atoms with Crippen LogP contribution in [0.4, 0.5) is 0 Å². The van der Waals surface area contributed by atoms with Crippen molar-refractivity contribution < 1.29 is 19.5 Å². The molecule has 1 saturated carbocycles. The number of rotatable bonds is 9. The minimum absolute atomic E-state index is 0.0196. The Morgan fingerprint density at radius 3 is 2.23 bits per heavy atom. The van der Waals surface area contributed by atoms with Gasteiger partial charge < -0.3 is 15.3 Å². The molecule has 1 aliphatic carbocycles. The lowest BCUT2D eigenvalue weighted by molar-refractivity contribution is -0.136. The van der Waals surface area contributed by atoms with E-state index in [0.29, 0.717) is 30.2 Å². The van der Waals surface area contributed by atoms with Gasteiger partial charge in [-0.05, 0) is 78.3 Å². The summed E-state index contributed by atoms with van der Waals surface area (Å²) in [5.74, 6) is -0.681. The number of nitrogens with one attached hydrogen (secondary N) is 1. The number of hydrogen-bond acceptors (Lipinski definition) is 4. The van der Waals surface area contributed by atoms with Crippen LogP contribution in [-0.2, 0) is 16.0 Å². The highest BCUT2D eigenvalue weighted by atomic mass is 16.4. The van der Waals surface area contributed by atoms with E-state index in [1.165, 1.54) is 0 Å². The summed E-state index contributed by atoms with van der Waals surface area (Å²) in [4.78, 5) is 44.5. The van der Waals surface area contributed by atoms with Crippen molar-refractivity contribution in [3.05, 3.63) is 95.6 Å². The van der Waals surface area contributed by atoms with E-state index in [1.807, 2.05) is 47.4 Å². The van der Waals surface area contributed by atoms with Gasteiger partial charge in [0.25, 0.3) is 11.8 Å². The molecule has 0 saturated heterocycles.